The van der Waals surface area contributed by atoms with E-state index in [-0.39, 0.29) is 6.04 Å². The highest BCUT2D eigenvalue weighted by Crippen LogP contribution is 2.21. The number of hydrogen-bond donors (Lipinski definition) is 2. The highest BCUT2D eigenvalue weighted by Gasteiger charge is 2.30. The fourth-order valence-electron chi connectivity index (χ4n) is 3.10. The topological polar surface area (TPSA) is 61.4 Å². The van der Waals surface area contributed by atoms with Crippen LogP contribution in [0.15, 0.2) is 0 Å². The van der Waals surface area contributed by atoms with E-state index in [2.05, 4.69) is 17.0 Å². The van der Waals surface area contributed by atoms with Crippen LogP contribution >= 0.6 is 0 Å². The van der Waals surface area contributed by atoms with Crippen molar-refractivity contribution in [1.29, 1.82) is 0 Å². The van der Waals surface area contributed by atoms with E-state index in [1.54, 1.807) is 4.31 Å². The Morgan fingerprint density at radius 3 is 2.74 bits per heavy atom. The maximum Gasteiger partial charge on any atom is 0.279 e. The second-order valence-corrected chi connectivity index (χ2v) is 7.75. The van der Waals surface area contributed by atoms with Crippen LogP contribution in [0, 0.1) is 11.8 Å². The Morgan fingerprint density at radius 1 is 1.26 bits per heavy atom. The van der Waals surface area contributed by atoms with Gasteiger partial charge in [0.25, 0.3) is 10.2 Å². The first-order chi connectivity index (χ1) is 9.00. The minimum Gasteiger partial charge on any atom is -0.316 e. The number of nitrogens with zero attached hydrogens (tertiary/aromatic N) is 1. The molecule has 0 aliphatic carbocycles. The molecule has 0 aromatic rings. The summed E-state index contributed by atoms with van der Waals surface area (Å²) in [6.45, 7) is 7.43. The van der Waals surface area contributed by atoms with Crippen molar-refractivity contribution >= 4 is 10.2 Å². The lowest BCUT2D eigenvalue weighted by Crippen LogP contribution is -2.50. The Bertz CT molecular complexity index is 385. The molecule has 0 bridgehead atoms. The third-order valence-electron chi connectivity index (χ3n) is 4.54. The van der Waals surface area contributed by atoms with E-state index in [9.17, 15) is 8.42 Å². The summed E-state index contributed by atoms with van der Waals surface area (Å²) in [4.78, 5) is 0. The molecule has 3 unspecified atom stereocenters. The second kappa shape index (κ2) is 6.52. The van der Waals surface area contributed by atoms with Gasteiger partial charge in [-0.05, 0) is 51.1 Å². The van der Waals surface area contributed by atoms with Gasteiger partial charge in [-0.1, -0.05) is 13.3 Å². The van der Waals surface area contributed by atoms with E-state index >= 15 is 0 Å². The summed E-state index contributed by atoms with van der Waals surface area (Å²) in [7, 11) is -3.29. The minimum atomic E-state index is -3.29. The minimum absolute atomic E-state index is 0.136. The molecular weight excluding hydrogens is 262 g/mol. The van der Waals surface area contributed by atoms with Gasteiger partial charge < -0.3 is 5.32 Å². The van der Waals surface area contributed by atoms with Crippen LogP contribution in [0.3, 0.4) is 0 Å². The van der Waals surface area contributed by atoms with E-state index in [4.69, 9.17) is 0 Å². The van der Waals surface area contributed by atoms with Gasteiger partial charge in [0.05, 0.1) is 0 Å². The molecule has 2 N–H and O–H groups in total. The van der Waals surface area contributed by atoms with E-state index in [0.29, 0.717) is 24.9 Å². The molecule has 2 aliphatic heterocycles. The third kappa shape index (κ3) is 3.90. The molecule has 5 nitrogen and oxygen atoms in total. The van der Waals surface area contributed by atoms with Crippen LogP contribution in [0.25, 0.3) is 0 Å². The average molecular weight is 289 g/mol. The van der Waals surface area contributed by atoms with Crippen molar-refractivity contribution in [3.63, 3.8) is 0 Å². The standard InChI is InChI=1S/C13H27N3O2S/c1-11-9-14-7-6-13(11)10-15-19(17,18)16-8-4-3-5-12(16)2/h11-15H,3-10H2,1-2H3. The van der Waals surface area contributed by atoms with E-state index in [1.807, 2.05) is 6.92 Å². The molecule has 0 aromatic carbocycles. The summed E-state index contributed by atoms with van der Waals surface area (Å²) in [5, 5.41) is 3.34. The van der Waals surface area contributed by atoms with Crippen LogP contribution < -0.4 is 10.0 Å². The molecule has 2 rings (SSSR count). The molecule has 2 aliphatic rings. The van der Waals surface area contributed by atoms with E-state index in [1.165, 1.54) is 0 Å². The number of nitrogens with one attached hydrogen (secondary N) is 2. The third-order valence-corrected chi connectivity index (χ3v) is 6.23. The SMILES string of the molecule is CC1CNCCC1CNS(=O)(=O)N1CCCCC1C. The molecule has 3 atom stereocenters. The summed E-state index contributed by atoms with van der Waals surface area (Å²) in [6, 6.07) is 0.136. The maximum atomic E-state index is 12.3. The van der Waals surface area contributed by atoms with Crippen LogP contribution in [0.2, 0.25) is 0 Å². The molecule has 2 saturated heterocycles. The maximum absolute atomic E-state index is 12.3. The van der Waals surface area contributed by atoms with Gasteiger partial charge >= 0.3 is 0 Å². The molecule has 0 aromatic heterocycles. The summed E-state index contributed by atoms with van der Waals surface area (Å²) >= 11 is 0. The monoisotopic (exact) mass is 289 g/mol. The Labute approximate surface area is 117 Å². The fraction of sp³-hybridized carbons (Fsp3) is 1.00. The Morgan fingerprint density at radius 2 is 2.05 bits per heavy atom. The lowest BCUT2D eigenvalue weighted by atomic mass is 9.88. The van der Waals surface area contributed by atoms with Crippen molar-refractivity contribution < 1.29 is 8.42 Å². The summed E-state index contributed by atoms with van der Waals surface area (Å²) in [5.41, 5.74) is 0. The fourth-order valence-corrected chi connectivity index (χ4v) is 4.63. The predicted molar refractivity (Wildman–Crippen MR) is 77.1 cm³/mol. The van der Waals surface area contributed by atoms with Crippen molar-refractivity contribution in [1.82, 2.24) is 14.3 Å². The van der Waals surface area contributed by atoms with Crippen molar-refractivity contribution in [3.8, 4) is 0 Å². The molecule has 0 saturated carbocycles. The Hall–Kier alpha value is -0.170. The van der Waals surface area contributed by atoms with E-state index in [0.717, 1.165) is 38.8 Å². The van der Waals surface area contributed by atoms with Crippen molar-refractivity contribution in [2.75, 3.05) is 26.2 Å². The quantitative estimate of drug-likeness (QED) is 0.810. The summed E-state index contributed by atoms with van der Waals surface area (Å²) < 4.78 is 29.2. The van der Waals surface area contributed by atoms with Crippen molar-refractivity contribution in [2.24, 2.45) is 11.8 Å². The van der Waals surface area contributed by atoms with Crippen LogP contribution in [0.1, 0.15) is 39.5 Å². The smallest absolute Gasteiger partial charge is 0.279 e. The zero-order chi connectivity index (χ0) is 13.9. The molecule has 112 valence electrons. The van der Waals surface area contributed by atoms with Crippen LogP contribution in [0.4, 0.5) is 0 Å². The molecule has 0 radical (unpaired) electrons. The zero-order valence-corrected chi connectivity index (χ0v) is 12.9. The normalized spacial score (nSPS) is 34.3. The van der Waals surface area contributed by atoms with Gasteiger partial charge in [-0.25, -0.2) is 4.72 Å². The van der Waals surface area contributed by atoms with Gasteiger partial charge in [-0.3, -0.25) is 0 Å². The summed E-state index contributed by atoms with van der Waals surface area (Å²) in [6.07, 6.45) is 4.15. The lowest BCUT2D eigenvalue weighted by molar-refractivity contribution is 0.253. The molecular formula is C13H27N3O2S. The second-order valence-electron chi connectivity index (χ2n) is 6.04. The van der Waals surface area contributed by atoms with Gasteiger partial charge in [0.1, 0.15) is 0 Å². The highest BCUT2D eigenvalue weighted by atomic mass is 32.2. The predicted octanol–water partition coefficient (Wildman–Crippen LogP) is 0.941. The average Bonchev–Trinajstić information content (AvgIpc) is 2.38. The lowest BCUT2D eigenvalue weighted by Gasteiger charge is -2.34. The van der Waals surface area contributed by atoms with E-state index < -0.39 is 10.2 Å². The highest BCUT2D eigenvalue weighted by molar-refractivity contribution is 7.87. The van der Waals surface area contributed by atoms with Gasteiger partial charge in [0.2, 0.25) is 0 Å². The number of hydrogen-bond acceptors (Lipinski definition) is 3. The molecule has 0 spiro atoms. The number of piperidine rings is 2. The largest absolute Gasteiger partial charge is 0.316 e. The Balaban J connectivity index is 1.89. The molecule has 19 heavy (non-hydrogen) atoms. The van der Waals surface area contributed by atoms with Crippen molar-refractivity contribution in [2.45, 2.75) is 45.6 Å². The van der Waals surface area contributed by atoms with Crippen LogP contribution in [0.5, 0.6) is 0 Å². The summed E-state index contributed by atoms with van der Waals surface area (Å²) in [5.74, 6) is 0.992. The van der Waals surface area contributed by atoms with Gasteiger partial charge in [-0.15, -0.1) is 0 Å². The zero-order valence-electron chi connectivity index (χ0n) is 12.1. The molecule has 0 amide bonds. The van der Waals surface area contributed by atoms with Gasteiger partial charge in [0.15, 0.2) is 0 Å². The molecule has 2 heterocycles. The molecule has 2 fully saturated rings. The first kappa shape index (κ1) is 15.2. The first-order valence-corrected chi connectivity index (χ1v) is 8.92. The Kier molecular flexibility index (Phi) is 5.22. The van der Waals surface area contributed by atoms with Crippen molar-refractivity contribution in [3.05, 3.63) is 0 Å². The molecule has 6 heteroatoms. The van der Waals surface area contributed by atoms with Gasteiger partial charge in [-0.2, -0.15) is 12.7 Å². The van der Waals surface area contributed by atoms with Gasteiger partial charge in [0, 0.05) is 19.1 Å². The van der Waals surface area contributed by atoms with Crippen LogP contribution in [-0.4, -0.2) is 44.9 Å². The first-order valence-electron chi connectivity index (χ1n) is 7.48. The van der Waals surface area contributed by atoms with Crippen LogP contribution in [-0.2, 0) is 10.2 Å². The number of rotatable bonds is 4.